The van der Waals surface area contributed by atoms with Crippen LogP contribution in [0.25, 0.3) is 0 Å². The number of rotatable bonds is 8. The summed E-state index contributed by atoms with van der Waals surface area (Å²) in [6, 6.07) is 17.8. The molecule has 1 N–H and O–H groups in total. The lowest BCUT2D eigenvalue weighted by Crippen LogP contribution is -2.27. The van der Waals surface area contributed by atoms with Crippen molar-refractivity contribution in [1.82, 2.24) is 9.62 Å². The summed E-state index contributed by atoms with van der Waals surface area (Å²) in [5.74, 6) is -0.234. The molecule has 158 valence electrons. The highest BCUT2D eigenvalue weighted by molar-refractivity contribution is 7.89. The Balaban J connectivity index is 1.70. The average molecular weight is 444 g/mol. The molecular weight excluding hydrogens is 418 g/mol. The number of carbonyl (C=O) groups is 1. The van der Waals surface area contributed by atoms with Gasteiger partial charge in [-0.3, -0.25) is 4.79 Å². The Morgan fingerprint density at radius 2 is 1.73 bits per heavy atom. The van der Waals surface area contributed by atoms with Crippen molar-refractivity contribution in [3.8, 4) is 0 Å². The van der Waals surface area contributed by atoms with Crippen LogP contribution in [0.1, 0.15) is 20.8 Å². The van der Waals surface area contributed by atoms with Gasteiger partial charge in [0.15, 0.2) is 0 Å². The van der Waals surface area contributed by atoms with Crippen LogP contribution >= 0.6 is 11.3 Å². The molecule has 0 unspecified atom stereocenters. The van der Waals surface area contributed by atoms with Gasteiger partial charge in [0.1, 0.15) is 0 Å². The topological polar surface area (TPSA) is 69.7 Å². The molecule has 8 heteroatoms. The van der Waals surface area contributed by atoms with E-state index in [1.807, 2.05) is 60.8 Å². The smallest absolute Gasteiger partial charge is 0.253 e. The van der Waals surface area contributed by atoms with Crippen LogP contribution in [0.2, 0.25) is 0 Å². The Kier molecular flexibility index (Phi) is 6.91. The first-order chi connectivity index (χ1) is 14.3. The van der Waals surface area contributed by atoms with E-state index < -0.39 is 10.0 Å². The van der Waals surface area contributed by atoms with Gasteiger partial charge < -0.3 is 9.80 Å². The van der Waals surface area contributed by atoms with Gasteiger partial charge in [-0.1, -0.05) is 24.3 Å². The van der Waals surface area contributed by atoms with Crippen molar-refractivity contribution >= 4 is 33.0 Å². The van der Waals surface area contributed by atoms with Gasteiger partial charge in [-0.15, -0.1) is 11.3 Å². The monoisotopic (exact) mass is 443 g/mol. The van der Waals surface area contributed by atoms with Crippen molar-refractivity contribution in [1.29, 1.82) is 0 Å². The standard InChI is InChI=1S/C22H25N3O3S2/c1-24(2)19-11-9-17(10-12-19)16-25(3)22(26)18-6-4-8-21(14-18)30(27,28)23-15-20-7-5-13-29-20/h4-14,23H,15-16H2,1-3H3. The van der Waals surface area contributed by atoms with Gasteiger partial charge in [-0.25, -0.2) is 13.1 Å². The zero-order valence-corrected chi connectivity index (χ0v) is 18.8. The largest absolute Gasteiger partial charge is 0.378 e. The normalized spacial score (nSPS) is 11.3. The van der Waals surface area contributed by atoms with Gasteiger partial charge in [0.25, 0.3) is 5.91 Å². The van der Waals surface area contributed by atoms with Gasteiger partial charge in [0.2, 0.25) is 10.0 Å². The second kappa shape index (κ2) is 9.42. The summed E-state index contributed by atoms with van der Waals surface area (Å²) in [5, 5.41) is 1.90. The number of amides is 1. The molecule has 0 saturated heterocycles. The van der Waals surface area contributed by atoms with Gasteiger partial charge in [-0.2, -0.15) is 0 Å². The van der Waals surface area contributed by atoms with Gasteiger partial charge >= 0.3 is 0 Å². The number of hydrogen-bond acceptors (Lipinski definition) is 5. The number of nitrogens with one attached hydrogen (secondary N) is 1. The van der Waals surface area contributed by atoms with Crippen LogP contribution in [0.3, 0.4) is 0 Å². The molecule has 1 amide bonds. The highest BCUT2D eigenvalue weighted by Crippen LogP contribution is 2.17. The highest BCUT2D eigenvalue weighted by atomic mass is 32.2. The lowest BCUT2D eigenvalue weighted by atomic mass is 10.1. The SMILES string of the molecule is CN(Cc1ccc(N(C)C)cc1)C(=O)c1cccc(S(=O)(=O)NCc2cccs2)c1. The van der Waals surface area contributed by atoms with Gasteiger partial charge in [0, 0.05) is 50.4 Å². The maximum absolute atomic E-state index is 12.9. The van der Waals surface area contributed by atoms with Crippen molar-refractivity contribution in [2.24, 2.45) is 0 Å². The molecule has 0 saturated carbocycles. The summed E-state index contributed by atoms with van der Waals surface area (Å²) in [5.41, 5.74) is 2.42. The molecule has 0 radical (unpaired) electrons. The molecule has 0 bridgehead atoms. The molecular formula is C22H25N3O3S2. The second-order valence-electron chi connectivity index (χ2n) is 7.15. The molecule has 3 rings (SSSR count). The van der Waals surface area contributed by atoms with E-state index in [1.54, 1.807) is 24.1 Å². The molecule has 3 aromatic rings. The van der Waals surface area contributed by atoms with E-state index in [2.05, 4.69) is 4.72 Å². The van der Waals surface area contributed by atoms with Crippen molar-refractivity contribution in [3.05, 3.63) is 82.0 Å². The number of carbonyl (C=O) groups excluding carboxylic acids is 1. The minimum Gasteiger partial charge on any atom is -0.378 e. The van der Waals surface area contributed by atoms with Crippen molar-refractivity contribution in [3.63, 3.8) is 0 Å². The maximum Gasteiger partial charge on any atom is 0.253 e. The fourth-order valence-corrected chi connectivity index (χ4v) is 4.71. The zero-order valence-electron chi connectivity index (χ0n) is 17.2. The molecule has 0 aliphatic heterocycles. The summed E-state index contributed by atoms with van der Waals surface area (Å²) in [4.78, 5) is 17.4. The van der Waals surface area contributed by atoms with E-state index in [4.69, 9.17) is 0 Å². The van der Waals surface area contributed by atoms with Crippen LogP contribution in [0.5, 0.6) is 0 Å². The van der Waals surface area contributed by atoms with Crippen LogP contribution in [0.15, 0.2) is 70.9 Å². The van der Waals surface area contributed by atoms with Crippen LogP contribution in [-0.2, 0) is 23.1 Å². The van der Waals surface area contributed by atoms with E-state index in [9.17, 15) is 13.2 Å². The summed E-state index contributed by atoms with van der Waals surface area (Å²) in [6.45, 7) is 0.654. The van der Waals surface area contributed by atoms with E-state index in [1.165, 1.54) is 23.5 Å². The third-order valence-electron chi connectivity index (χ3n) is 4.63. The first-order valence-electron chi connectivity index (χ1n) is 9.40. The van der Waals surface area contributed by atoms with Crippen molar-refractivity contribution < 1.29 is 13.2 Å². The second-order valence-corrected chi connectivity index (χ2v) is 9.95. The first kappa shape index (κ1) is 22.0. The number of nitrogens with zero attached hydrogens (tertiary/aromatic N) is 2. The number of anilines is 1. The number of hydrogen-bond donors (Lipinski definition) is 1. The fraction of sp³-hybridized carbons (Fsp3) is 0.227. The molecule has 6 nitrogen and oxygen atoms in total. The van der Waals surface area contributed by atoms with E-state index in [-0.39, 0.29) is 17.3 Å². The molecule has 1 aromatic heterocycles. The van der Waals surface area contributed by atoms with Crippen LogP contribution < -0.4 is 9.62 Å². The third kappa shape index (κ3) is 5.47. The summed E-state index contributed by atoms with van der Waals surface area (Å²) in [6.07, 6.45) is 0. The Hall–Kier alpha value is -2.68. The molecule has 30 heavy (non-hydrogen) atoms. The van der Waals surface area contributed by atoms with E-state index in [0.29, 0.717) is 12.1 Å². The predicted molar refractivity (Wildman–Crippen MR) is 121 cm³/mol. The molecule has 0 fully saturated rings. The number of thiophene rings is 1. The molecule has 0 spiro atoms. The molecule has 0 aliphatic rings. The van der Waals surface area contributed by atoms with Gasteiger partial charge in [0.05, 0.1) is 4.90 Å². The molecule has 0 aliphatic carbocycles. The van der Waals surface area contributed by atoms with Gasteiger partial charge in [-0.05, 0) is 47.3 Å². The molecule has 1 heterocycles. The quantitative estimate of drug-likeness (QED) is 0.578. The van der Waals surface area contributed by atoms with Crippen LogP contribution in [0.4, 0.5) is 5.69 Å². The first-order valence-corrected chi connectivity index (χ1v) is 11.8. The number of sulfonamides is 1. The van der Waals surface area contributed by atoms with Crippen LogP contribution in [0, 0.1) is 0 Å². The molecule has 2 aromatic carbocycles. The molecule has 0 atom stereocenters. The number of benzene rings is 2. The van der Waals surface area contributed by atoms with E-state index >= 15 is 0 Å². The minimum absolute atomic E-state index is 0.0774. The highest BCUT2D eigenvalue weighted by Gasteiger charge is 2.18. The minimum atomic E-state index is -3.71. The third-order valence-corrected chi connectivity index (χ3v) is 6.90. The summed E-state index contributed by atoms with van der Waals surface area (Å²) in [7, 11) is 1.94. The fourth-order valence-electron chi connectivity index (χ4n) is 2.92. The van der Waals surface area contributed by atoms with E-state index in [0.717, 1.165) is 16.1 Å². The Morgan fingerprint density at radius 3 is 2.37 bits per heavy atom. The Labute approximate surface area is 181 Å². The zero-order chi connectivity index (χ0) is 21.7. The Morgan fingerprint density at radius 1 is 1.00 bits per heavy atom. The summed E-state index contributed by atoms with van der Waals surface area (Å²) < 4.78 is 27.8. The van der Waals surface area contributed by atoms with Crippen molar-refractivity contribution in [2.45, 2.75) is 18.0 Å². The Bertz CT molecular complexity index is 1090. The van der Waals surface area contributed by atoms with Crippen LogP contribution in [-0.4, -0.2) is 40.4 Å². The van der Waals surface area contributed by atoms with Crippen molar-refractivity contribution in [2.75, 3.05) is 26.0 Å². The summed E-state index contributed by atoms with van der Waals surface area (Å²) >= 11 is 1.48. The lowest BCUT2D eigenvalue weighted by Gasteiger charge is -2.19. The lowest BCUT2D eigenvalue weighted by molar-refractivity contribution is 0.0785. The maximum atomic E-state index is 12.9. The average Bonchev–Trinajstić information content (AvgIpc) is 3.26. The predicted octanol–water partition coefficient (Wildman–Crippen LogP) is 3.56.